The zero-order chi connectivity index (χ0) is 23.8. The first-order chi connectivity index (χ1) is 15.9. The highest BCUT2D eigenvalue weighted by atomic mass is 35.5. The highest BCUT2D eigenvalue weighted by Gasteiger charge is 2.11. The third-order valence-electron chi connectivity index (χ3n) is 4.25. The molecule has 0 saturated carbocycles. The fourth-order valence-electron chi connectivity index (χ4n) is 2.65. The Hall–Kier alpha value is -3.50. The van der Waals surface area contributed by atoms with Gasteiger partial charge < -0.3 is 15.4 Å². The highest BCUT2D eigenvalue weighted by molar-refractivity contribution is 6.42. The molecule has 166 valence electrons. The topological polar surface area (TPSA) is 91.2 Å². The van der Waals surface area contributed by atoms with Crippen molar-refractivity contribution in [1.82, 2.24) is 0 Å². The Bertz CT molecular complexity index is 1250. The van der Waals surface area contributed by atoms with Gasteiger partial charge in [0.1, 0.15) is 17.4 Å². The zero-order valence-corrected chi connectivity index (χ0v) is 19.2. The number of nitriles is 1. The summed E-state index contributed by atoms with van der Waals surface area (Å²) >= 11 is 17.8. The van der Waals surface area contributed by atoms with Crippen LogP contribution < -0.4 is 15.4 Å². The number of benzene rings is 3. The number of ether oxygens (including phenoxy) is 1. The van der Waals surface area contributed by atoms with E-state index in [1.165, 1.54) is 12.1 Å². The molecular weight excluding hydrogens is 485 g/mol. The number of nitrogens with zero attached hydrogens (tertiary/aromatic N) is 1. The Morgan fingerprint density at radius 2 is 1.64 bits per heavy atom. The van der Waals surface area contributed by atoms with Crippen molar-refractivity contribution >= 4 is 64.1 Å². The lowest BCUT2D eigenvalue weighted by atomic mass is 10.1. The van der Waals surface area contributed by atoms with Gasteiger partial charge in [-0.3, -0.25) is 9.59 Å². The van der Waals surface area contributed by atoms with E-state index in [0.29, 0.717) is 32.7 Å². The molecule has 9 heteroatoms. The van der Waals surface area contributed by atoms with Gasteiger partial charge in [-0.2, -0.15) is 5.26 Å². The second-order valence-electron chi connectivity index (χ2n) is 6.64. The molecule has 33 heavy (non-hydrogen) atoms. The van der Waals surface area contributed by atoms with E-state index in [0.717, 1.165) is 0 Å². The van der Waals surface area contributed by atoms with Crippen molar-refractivity contribution in [2.75, 3.05) is 17.2 Å². The smallest absolute Gasteiger partial charge is 0.266 e. The van der Waals surface area contributed by atoms with E-state index in [-0.39, 0.29) is 23.1 Å². The first-order valence-electron chi connectivity index (χ1n) is 9.51. The summed E-state index contributed by atoms with van der Waals surface area (Å²) in [7, 11) is 0. The number of hydrogen-bond acceptors (Lipinski definition) is 4. The van der Waals surface area contributed by atoms with E-state index in [2.05, 4.69) is 10.6 Å². The summed E-state index contributed by atoms with van der Waals surface area (Å²) in [6.45, 7) is -0.212. The predicted octanol–water partition coefficient (Wildman–Crippen LogP) is 6.21. The number of hydrogen-bond donors (Lipinski definition) is 2. The monoisotopic (exact) mass is 499 g/mol. The molecule has 0 saturated heterocycles. The van der Waals surface area contributed by atoms with Crippen LogP contribution in [0.5, 0.6) is 5.75 Å². The van der Waals surface area contributed by atoms with E-state index in [4.69, 9.17) is 39.5 Å². The minimum absolute atomic E-state index is 0.103. The molecule has 0 heterocycles. The van der Waals surface area contributed by atoms with E-state index in [1.807, 2.05) is 6.07 Å². The number of amides is 2. The number of rotatable bonds is 7. The normalized spacial score (nSPS) is 10.8. The maximum Gasteiger partial charge on any atom is 0.266 e. The van der Waals surface area contributed by atoms with E-state index in [9.17, 15) is 14.9 Å². The van der Waals surface area contributed by atoms with Crippen LogP contribution in [0.4, 0.5) is 11.4 Å². The van der Waals surface area contributed by atoms with Gasteiger partial charge in [0.25, 0.3) is 11.8 Å². The molecule has 3 aromatic rings. The summed E-state index contributed by atoms with van der Waals surface area (Å²) in [5.74, 6) is -0.509. The molecule has 0 aliphatic carbocycles. The van der Waals surface area contributed by atoms with E-state index in [1.54, 1.807) is 60.7 Å². The summed E-state index contributed by atoms with van der Waals surface area (Å²) in [5.41, 5.74) is 1.41. The molecule has 2 amide bonds. The third kappa shape index (κ3) is 6.99. The van der Waals surface area contributed by atoms with Crippen molar-refractivity contribution in [1.29, 1.82) is 5.26 Å². The molecular formula is C24H16Cl3N3O3. The molecule has 0 bridgehead atoms. The number of halogens is 3. The Balaban J connectivity index is 1.59. The van der Waals surface area contributed by atoms with Gasteiger partial charge in [0.05, 0.1) is 20.8 Å². The molecule has 6 nitrogen and oxygen atoms in total. The summed E-state index contributed by atoms with van der Waals surface area (Å²) in [4.78, 5) is 24.5. The lowest BCUT2D eigenvalue weighted by Gasteiger charge is -2.09. The van der Waals surface area contributed by atoms with Gasteiger partial charge in [0.15, 0.2) is 6.61 Å². The minimum Gasteiger partial charge on any atom is -0.484 e. The molecule has 0 spiro atoms. The van der Waals surface area contributed by atoms with Gasteiger partial charge in [0, 0.05) is 5.69 Å². The van der Waals surface area contributed by atoms with Crippen molar-refractivity contribution in [3.63, 3.8) is 0 Å². The van der Waals surface area contributed by atoms with Crippen LogP contribution >= 0.6 is 34.8 Å². The highest BCUT2D eigenvalue weighted by Crippen LogP contribution is 2.25. The molecule has 0 atom stereocenters. The quantitative estimate of drug-likeness (QED) is 0.298. The van der Waals surface area contributed by atoms with Gasteiger partial charge in [-0.25, -0.2) is 0 Å². The summed E-state index contributed by atoms with van der Waals surface area (Å²) in [6, 6.07) is 19.9. The van der Waals surface area contributed by atoms with Crippen LogP contribution in [0.25, 0.3) is 6.08 Å². The molecule has 3 rings (SSSR count). The first kappa shape index (κ1) is 24.1. The fraction of sp³-hybridized carbons (Fsp3) is 0.0417. The zero-order valence-electron chi connectivity index (χ0n) is 16.9. The maximum absolute atomic E-state index is 12.4. The van der Waals surface area contributed by atoms with Crippen LogP contribution in [0.2, 0.25) is 15.1 Å². The Morgan fingerprint density at radius 3 is 2.30 bits per heavy atom. The number of carbonyl (C=O) groups excluding carboxylic acids is 2. The van der Waals surface area contributed by atoms with Crippen LogP contribution in [-0.4, -0.2) is 18.4 Å². The summed E-state index contributed by atoms with van der Waals surface area (Å²) < 4.78 is 5.47. The van der Waals surface area contributed by atoms with Crippen LogP contribution in [0, 0.1) is 11.3 Å². The van der Waals surface area contributed by atoms with E-state index >= 15 is 0 Å². The largest absolute Gasteiger partial charge is 0.484 e. The lowest BCUT2D eigenvalue weighted by molar-refractivity contribution is -0.118. The molecule has 0 aromatic heterocycles. The van der Waals surface area contributed by atoms with Crippen molar-refractivity contribution in [2.45, 2.75) is 0 Å². The van der Waals surface area contributed by atoms with Crippen LogP contribution in [0.3, 0.4) is 0 Å². The number of para-hydroxylation sites is 1. The van der Waals surface area contributed by atoms with Gasteiger partial charge in [-0.1, -0.05) is 59.1 Å². The SMILES string of the molecule is N#C/C(=C\c1ccc(OCC(=O)Nc2ccccc2Cl)cc1)C(=O)Nc1ccc(Cl)c(Cl)c1. The molecule has 0 aliphatic heterocycles. The average Bonchev–Trinajstić information content (AvgIpc) is 2.80. The lowest BCUT2D eigenvalue weighted by Crippen LogP contribution is -2.20. The van der Waals surface area contributed by atoms with Crippen LogP contribution in [0.15, 0.2) is 72.3 Å². The van der Waals surface area contributed by atoms with Gasteiger partial charge in [0.2, 0.25) is 0 Å². The van der Waals surface area contributed by atoms with Gasteiger partial charge >= 0.3 is 0 Å². The van der Waals surface area contributed by atoms with Gasteiger partial charge in [-0.05, 0) is 54.1 Å². The van der Waals surface area contributed by atoms with Crippen molar-refractivity contribution in [2.24, 2.45) is 0 Å². The Morgan fingerprint density at radius 1 is 0.909 bits per heavy atom. The van der Waals surface area contributed by atoms with Crippen molar-refractivity contribution in [3.8, 4) is 11.8 Å². The molecule has 0 radical (unpaired) electrons. The third-order valence-corrected chi connectivity index (χ3v) is 5.32. The Kier molecular flexibility index (Phi) is 8.34. The summed E-state index contributed by atoms with van der Waals surface area (Å²) in [6.07, 6.45) is 1.43. The molecule has 0 unspecified atom stereocenters. The van der Waals surface area contributed by atoms with Crippen LogP contribution in [0.1, 0.15) is 5.56 Å². The second kappa shape index (κ2) is 11.4. The number of anilines is 2. The van der Waals surface area contributed by atoms with E-state index < -0.39 is 5.91 Å². The maximum atomic E-state index is 12.4. The molecule has 3 aromatic carbocycles. The molecule has 0 fully saturated rings. The molecule has 0 aliphatic rings. The van der Waals surface area contributed by atoms with Crippen LogP contribution in [-0.2, 0) is 9.59 Å². The molecule has 2 N–H and O–H groups in total. The minimum atomic E-state index is -0.590. The predicted molar refractivity (Wildman–Crippen MR) is 131 cm³/mol. The standard InChI is InChI=1S/C24H16Cl3N3O3/c25-19-10-7-17(12-21(19)27)29-24(32)16(13-28)11-15-5-8-18(9-6-15)33-14-23(31)30-22-4-2-1-3-20(22)26/h1-12H,14H2,(H,29,32)(H,30,31)/b16-11+. The van der Waals surface area contributed by atoms with Gasteiger partial charge in [-0.15, -0.1) is 0 Å². The second-order valence-corrected chi connectivity index (χ2v) is 7.86. The number of nitrogens with one attached hydrogen (secondary N) is 2. The average molecular weight is 501 g/mol. The Labute approximate surface area is 205 Å². The fourth-order valence-corrected chi connectivity index (χ4v) is 3.13. The summed E-state index contributed by atoms with van der Waals surface area (Å²) in [5, 5.41) is 15.7. The van der Waals surface area contributed by atoms with Crippen molar-refractivity contribution in [3.05, 3.63) is 92.9 Å². The number of carbonyl (C=O) groups is 2. The van der Waals surface area contributed by atoms with Crippen molar-refractivity contribution < 1.29 is 14.3 Å². The first-order valence-corrected chi connectivity index (χ1v) is 10.6.